The SMILES string of the molecule is Cc1cccn2c(C(C)(C)NC(=O)C3CC4(CCNCC4)C3)ncc12. The molecule has 2 aliphatic rings. The number of fused-ring (bicyclic) bond motifs is 1. The summed E-state index contributed by atoms with van der Waals surface area (Å²) in [7, 11) is 0. The molecule has 0 atom stereocenters. The molecule has 1 aliphatic heterocycles. The minimum atomic E-state index is -0.492. The largest absolute Gasteiger partial charge is 0.344 e. The minimum Gasteiger partial charge on any atom is -0.344 e. The van der Waals surface area contributed by atoms with E-state index in [1.807, 2.05) is 32.3 Å². The molecule has 1 spiro atoms. The fourth-order valence-electron chi connectivity index (χ4n) is 4.63. The Morgan fingerprint density at radius 2 is 2.08 bits per heavy atom. The molecule has 4 rings (SSSR count). The van der Waals surface area contributed by atoms with Gasteiger partial charge in [-0.15, -0.1) is 0 Å². The van der Waals surface area contributed by atoms with Gasteiger partial charge in [0.25, 0.3) is 0 Å². The summed E-state index contributed by atoms with van der Waals surface area (Å²) in [5.74, 6) is 1.22. The third-order valence-electron chi connectivity index (χ3n) is 6.17. The highest BCUT2D eigenvalue weighted by Crippen LogP contribution is 2.51. The second-order valence-electron chi connectivity index (χ2n) is 8.50. The molecule has 5 heteroatoms. The number of hydrogen-bond donors (Lipinski definition) is 2. The minimum absolute atomic E-state index is 0.158. The van der Waals surface area contributed by atoms with Gasteiger partial charge in [-0.25, -0.2) is 4.98 Å². The molecule has 0 bridgehead atoms. The molecule has 0 aromatic carbocycles. The van der Waals surface area contributed by atoms with Crippen LogP contribution in [0.4, 0.5) is 0 Å². The standard InChI is InChI=1S/C20H28N4O/c1-14-5-4-10-24-16(14)13-22-18(24)19(2,3)23-17(25)15-11-20(12-15)6-8-21-9-7-20/h4-5,10,13,15,21H,6-9,11-12H2,1-3H3,(H,23,25). The van der Waals surface area contributed by atoms with E-state index in [4.69, 9.17) is 0 Å². The average Bonchev–Trinajstić information content (AvgIpc) is 2.99. The molecule has 1 amide bonds. The number of aromatic nitrogens is 2. The molecule has 2 aromatic heterocycles. The lowest BCUT2D eigenvalue weighted by Crippen LogP contribution is -2.53. The fraction of sp³-hybridized carbons (Fsp3) is 0.600. The summed E-state index contributed by atoms with van der Waals surface area (Å²) in [4.78, 5) is 17.4. The van der Waals surface area contributed by atoms with Crippen molar-refractivity contribution in [3.8, 4) is 0 Å². The number of amides is 1. The summed E-state index contributed by atoms with van der Waals surface area (Å²) >= 11 is 0. The Morgan fingerprint density at radius 3 is 2.80 bits per heavy atom. The number of aryl methyl sites for hydroxylation is 1. The molecule has 1 saturated carbocycles. The van der Waals surface area contributed by atoms with Crippen molar-refractivity contribution in [3.63, 3.8) is 0 Å². The first-order valence-corrected chi connectivity index (χ1v) is 9.36. The molecular formula is C20H28N4O. The molecule has 2 aromatic rings. The van der Waals surface area contributed by atoms with Gasteiger partial charge in [-0.3, -0.25) is 4.79 Å². The predicted octanol–water partition coefficient (Wildman–Crippen LogP) is 2.77. The van der Waals surface area contributed by atoms with Gasteiger partial charge in [0.1, 0.15) is 5.82 Å². The lowest BCUT2D eigenvalue weighted by atomic mass is 9.57. The van der Waals surface area contributed by atoms with Crippen LogP contribution in [0.25, 0.3) is 5.52 Å². The Balaban J connectivity index is 1.47. The van der Waals surface area contributed by atoms with Crippen LogP contribution in [0.3, 0.4) is 0 Å². The summed E-state index contributed by atoms with van der Waals surface area (Å²) in [5, 5.41) is 6.68. The summed E-state index contributed by atoms with van der Waals surface area (Å²) in [6.07, 6.45) is 8.42. The molecule has 1 saturated heterocycles. The van der Waals surface area contributed by atoms with Gasteiger partial charge in [0.15, 0.2) is 0 Å². The van der Waals surface area contributed by atoms with Crippen molar-refractivity contribution < 1.29 is 4.79 Å². The second-order valence-corrected chi connectivity index (χ2v) is 8.50. The fourth-order valence-corrected chi connectivity index (χ4v) is 4.63. The van der Waals surface area contributed by atoms with Crippen LogP contribution in [-0.2, 0) is 10.3 Å². The van der Waals surface area contributed by atoms with Crippen molar-refractivity contribution in [2.75, 3.05) is 13.1 Å². The van der Waals surface area contributed by atoms with Crippen molar-refractivity contribution in [3.05, 3.63) is 35.9 Å². The maximum Gasteiger partial charge on any atom is 0.223 e. The van der Waals surface area contributed by atoms with Gasteiger partial charge in [-0.2, -0.15) is 0 Å². The summed E-state index contributed by atoms with van der Waals surface area (Å²) in [6.45, 7) is 8.36. The number of nitrogens with zero attached hydrogens (tertiary/aromatic N) is 2. The summed E-state index contributed by atoms with van der Waals surface area (Å²) in [6, 6.07) is 4.11. The van der Waals surface area contributed by atoms with E-state index in [1.54, 1.807) is 0 Å². The summed E-state index contributed by atoms with van der Waals surface area (Å²) in [5.41, 5.74) is 2.22. The Morgan fingerprint density at radius 1 is 1.36 bits per heavy atom. The number of nitrogens with one attached hydrogen (secondary N) is 2. The number of rotatable bonds is 3. The van der Waals surface area contributed by atoms with Crippen molar-refractivity contribution in [2.45, 2.75) is 52.0 Å². The van der Waals surface area contributed by atoms with Crippen molar-refractivity contribution in [1.29, 1.82) is 0 Å². The Hall–Kier alpha value is -1.88. The molecule has 25 heavy (non-hydrogen) atoms. The van der Waals surface area contributed by atoms with E-state index in [0.717, 1.165) is 37.3 Å². The van der Waals surface area contributed by atoms with Gasteiger partial charge >= 0.3 is 0 Å². The van der Waals surface area contributed by atoms with Gasteiger partial charge in [0.05, 0.1) is 17.3 Å². The molecule has 134 valence electrons. The molecule has 2 N–H and O–H groups in total. The highest BCUT2D eigenvalue weighted by atomic mass is 16.2. The van der Waals surface area contributed by atoms with E-state index >= 15 is 0 Å². The van der Waals surface area contributed by atoms with Crippen LogP contribution in [-0.4, -0.2) is 28.4 Å². The van der Waals surface area contributed by atoms with Crippen molar-refractivity contribution in [1.82, 2.24) is 20.0 Å². The van der Waals surface area contributed by atoms with Crippen molar-refractivity contribution >= 4 is 11.4 Å². The number of pyridine rings is 1. The summed E-state index contributed by atoms with van der Waals surface area (Å²) < 4.78 is 2.09. The predicted molar refractivity (Wildman–Crippen MR) is 98.4 cm³/mol. The first kappa shape index (κ1) is 16.6. The van der Waals surface area contributed by atoms with Crippen LogP contribution in [0.15, 0.2) is 24.5 Å². The number of piperidine rings is 1. The van der Waals surface area contributed by atoms with Crippen LogP contribution in [0.5, 0.6) is 0 Å². The monoisotopic (exact) mass is 340 g/mol. The van der Waals surface area contributed by atoms with Crippen LogP contribution < -0.4 is 10.6 Å². The van der Waals surface area contributed by atoms with Gasteiger partial charge in [-0.1, -0.05) is 6.07 Å². The third-order valence-corrected chi connectivity index (χ3v) is 6.17. The number of hydrogen-bond acceptors (Lipinski definition) is 3. The smallest absolute Gasteiger partial charge is 0.223 e. The maximum atomic E-state index is 12.8. The van der Waals surface area contributed by atoms with E-state index in [9.17, 15) is 4.79 Å². The topological polar surface area (TPSA) is 58.4 Å². The van der Waals surface area contributed by atoms with Crippen LogP contribution in [0.2, 0.25) is 0 Å². The average molecular weight is 340 g/mol. The number of carbonyl (C=O) groups excluding carboxylic acids is 1. The van der Waals surface area contributed by atoms with E-state index in [-0.39, 0.29) is 11.8 Å². The number of carbonyl (C=O) groups is 1. The normalized spacial score (nSPS) is 20.6. The van der Waals surface area contributed by atoms with E-state index in [0.29, 0.717) is 5.41 Å². The highest BCUT2D eigenvalue weighted by Gasteiger charge is 2.48. The Kier molecular flexibility index (Phi) is 3.87. The lowest BCUT2D eigenvalue weighted by Gasteiger charge is -2.50. The molecule has 0 radical (unpaired) electrons. The Bertz CT molecular complexity index is 793. The Labute approximate surface area is 149 Å². The second kappa shape index (κ2) is 5.84. The zero-order valence-corrected chi connectivity index (χ0v) is 15.4. The quantitative estimate of drug-likeness (QED) is 0.903. The lowest BCUT2D eigenvalue weighted by molar-refractivity contribution is -0.135. The van der Waals surface area contributed by atoms with E-state index in [1.165, 1.54) is 18.4 Å². The van der Waals surface area contributed by atoms with Gasteiger partial charge < -0.3 is 15.0 Å². The molecular weight excluding hydrogens is 312 g/mol. The van der Waals surface area contributed by atoms with Crippen LogP contribution in [0, 0.1) is 18.3 Å². The van der Waals surface area contributed by atoms with Gasteiger partial charge in [0, 0.05) is 12.1 Å². The van der Waals surface area contributed by atoms with Crippen LogP contribution in [0.1, 0.15) is 50.9 Å². The van der Waals surface area contributed by atoms with E-state index < -0.39 is 5.54 Å². The van der Waals surface area contributed by atoms with Crippen molar-refractivity contribution in [2.24, 2.45) is 11.3 Å². The highest BCUT2D eigenvalue weighted by molar-refractivity contribution is 5.80. The molecule has 1 aliphatic carbocycles. The maximum absolute atomic E-state index is 12.8. The van der Waals surface area contributed by atoms with Gasteiger partial charge in [-0.05, 0) is 76.6 Å². The number of imidazole rings is 1. The van der Waals surface area contributed by atoms with Gasteiger partial charge in [0.2, 0.25) is 5.91 Å². The molecule has 2 fully saturated rings. The molecule has 0 unspecified atom stereocenters. The van der Waals surface area contributed by atoms with E-state index in [2.05, 4.69) is 33.0 Å². The third kappa shape index (κ3) is 2.84. The molecule has 5 nitrogen and oxygen atoms in total. The first-order valence-electron chi connectivity index (χ1n) is 9.36. The van der Waals surface area contributed by atoms with Crippen LogP contribution >= 0.6 is 0 Å². The molecule has 3 heterocycles. The zero-order valence-electron chi connectivity index (χ0n) is 15.4. The first-order chi connectivity index (χ1) is 11.9. The zero-order chi connectivity index (χ0) is 17.7.